The van der Waals surface area contributed by atoms with Crippen LogP contribution in [0.2, 0.25) is 0 Å². The van der Waals surface area contributed by atoms with Crippen LogP contribution in [-0.2, 0) is 25.6 Å². The van der Waals surface area contributed by atoms with Crippen molar-refractivity contribution in [1.82, 2.24) is 20.1 Å². The number of aromatic nitrogens is 3. The van der Waals surface area contributed by atoms with Crippen LogP contribution in [0.4, 0.5) is 10.7 Å². The van der Waals surface area contributed by atoms with Crippen LogP contribution < -0.4 is 10.6 Å². The van der Waals surface area contributed by atoms with E-state index >= 15 is 0 Å². The van der Waals surface area contributed by atoms with Crippen molar-refractivity contribution in [3.63, 3.8) is 0 Å². The van der Waals surface area contributed by atoms with E-state index in [1.807, 2.05) is 0 Å². The van der Waals surface area contributed by atoms with Crippen molar-refractivity contribution in [3.05, 3.63) is 6.33 Å². The molecule has 27 heavy (non-hydrogen) atoms. The molecule has 1 aliphatic rings. The molecule has 1 unspecified atom stereocenters. The second-order valence-electron chi connectivity index (χ2n) is 8.42. The molecule has 0 aliphatic carbocycles. The summed E-state index contributed by atoms with van der Waals surface area (Å²) in [6.45, 7) is 10.6. The number of ether oxygens (including phenoxy) is 2. The summed E-state index contributed by atoms with van der Waals surface area (Å²) >= 11 is 0. The highest BCUT2D eigenvalue weighted by Crippen LogP contribution is 2.21. The molecule has 2 atom stereocenters. The number of hydrogen-bond donors (Lipinski definition) is 2. The van der Waals surface area contributed by atoms with Crippen molar-refractivity contribution in [2.45, 2.75) is 71.8 Å². The van der Waals surface area contributed by atoms with Crippen molar-refractivity contribution in [1.29, 1.82) is 0 Å². The van der Waals surface area contributed by atoms with E-state index in [4.69, 9.17) is 9.47 Å². The van der Waals surface area contributed by atoms with Gasteiger partial charge in [-0.1, -0.05) is 0 Å². The summed E-state index contributed by atoms with van der Waals surface area (Å²) in [6.07, 6.45) is 0.623. The molecule has 1 aliphatic heterocycles. The molecule has 10 nitrogen and oxygen atoms in total. The summed E-state index contributed by atoms with van der Waals surface area (Å²) in [6, 6.07) is -1.04. The molecule has 2 heterocycles. The highest BCUT2D eigenvalue weighted by Gasteiger charge is 2.35. The fourth-order valence-electron chi connectivity index (χ4n) is 2.50. The second-order valence-corrected chi connectivity index (χ2v) is 8.42. The number of hydrogen-bond acceptors (Lipinski definition) is 7. The molecule has 1 aromatic rings. The van der Waals surface area contributed by atoms with Crippen molar-refractivity contribution in [2.24, 2.45) is 5.92 Å². The number of nitrogens with one attached hydrogen (secondary N) is 2. The molecule has 0 radical (unpaired) electrons. The molecule has 1 aromatic heterocycles. The van der Waals surface area contributed by atoms with Gasteiger partial charge in [-0.25, -0.2) is 14.3 Å². The van der Waals surface area contributed by atoms with Crippen LogP contribution in [0.1, 0.15) is 48.0 Å². The Kier molecular flexibility index (Phi) is 5.76. The molecule has 10 heteroatoms. The number of alkyl carbamates (subject to hydrolysis) is 1. The van der Waals surface area contributed by atoms with Crippen LogP contribution in [0.5, 0.6) is 0 Å². The van der Waals surface area contributed by atoms with Crippen LogP contribution in [0.25, 0.3) is 0 Å². The predicted octanol–water partition coefficient (Wildman–Crippen LogP) is 1.47. The third kappa shape index (κ3) is 6.22. The molecule has 0 bridgehead atoms. The van der Waals surface area contributed by atoms with Gasteiger partial charge >= 0.3 is 12.1 Å². The lowest BCUT2D eigenvalue weighted by molar-refractivity contribution is -0.158. The third-order valence-corrected chi connectivity index (χ3v) is 3.52. The van der Waals surface area contributed by atoms with E-state index in [0.29, 0.717) is 5.95 Å². The average Bonchev–Trinajstić information content (AvgIpc) is 2.89. The quantitative estimate of drug-likeness (QED) is 0.757. The fourth-order valence-corrected chi connectivity index (χ4v) is 2.50. The fraction of sp³-hybridized carbons (Fsp3) is 0.706. The molecule has 0 fully saturated rings. The van der Waals surface area contributed by atoms with Crippen LogP contribution >= 0.6 is 0 Å². The monoisotopic (exact) mass is 381 g/mol. The van der Waals surface area contributed by atoms with E-state index < -0.39 is 35.2 Å². The number of fused-ring (bicyclic) bond motifs is 1. The Hall–Kier alpha value is -2.65. The maximum atomic E-state index is 12.6. The standard InChI is InChI=1S/C17H27N5O5/c1-16(2,3)26-13(24)11(20-15(25)27-17(4,5)6)7-10-8-22-14(18-9-19-22)21-12(10)23/h9-11H,7-8H2,1-6H3,(H,20,25)(H,18,19,21,23)/t10?,11-/m0/s1. The van der Waals surface area contributed by atoms with Gasteiger partial charge in [-0.2, -0.15) is 10.1 Å². The third-order valence-electron chi connectivity index (χ3n) is 3.52. The van der Waals surface area contributed by atoms with Gasteiger partial charge in [0.15, 0.2) is 0 Å². The summed E-state index contributed by atoms with van der Waals surface area (Å²) in [5, 5.41) is 9.17. The number of rotatable bonds is 4. The highest BCUT2D eigenvalue weighted by atomic mass is 16.6. The molecule has 0 aromatic carbocycles. The van der Waals surface area contributed by atoms with Crippen molar-refractivity contribution in [2.75, 3.05) is 5.32 Å². The lowest BCUT2D eigenvalue weighted by Crippen LogP contribution is -2.48. The number of carbonyl (C=O) groups is 3. The van der Waals surface area contributed by atoms with E-state index in [1.165, 1.54) is 11.0 Å². The first-order valence-electron chi connectivity index (χ1n) is 8.75. The molecular weight excluding hydrogens is 354 g/mol. The molecule has 0 saturated carbocycles. The number of anilines is 1. The molecule has 2 N–H and O–H groups in total. The number of nitrogens with zero attached hydrogens (tertiary/aromatic N) is 3. The molecular formula is C17H27N5O5. The van der Waals surface area contributed by atoms with Gasteiger partial charge < -0.3 is 14.8 Å². The van der Waals surface area contributed by atoms with Gasteiger partial charge in [0.2, 0.25) is 11.9 Å². The summed E-state index contributed by atoms with van der Waals surface area (Å²) < 4.78 is 12.1. The average molecular weight is 381 g/mol. The Balaban J connectivity index is 2.13. The summed E-state index contributed by atoms with van der Waals surface area (Å²) in [7, 11) is 0. The van der Waals surface area contributed by atoms with Gasteiger partial charge in [-0.3, -0.25) is 10.1 Å². The Morgan fingerprint density at radius 3 is 2.48 bits per heavy atom. The highest BCUT2D eigenvalue weighted by molar-refractivity contribution is 5.93. The Morgan fingerprint density at radius 1 is 1.26 bits per heavy atom. The minimum Gasteiger partial charge on any atom is -0.458 e. The SMILES string of the molecule is CC(C)(C)OC(=O)N[C@@H](CC1Cn2ncnc2NC1=O)C(=O)OC(C)(C)C. The summed E-state index contributed by atoms with van der Waals surface area (Å²) in [5.74, 6) is -1.17. The summed E-state index contributed by atoms with van der Waals surface area (Å²) in [5.41, 5.74) is -1.46. The normalized spacial score (nSPS) is 18.1. The molecule has 2 rings (SSSR count). The zero-order valence-electron chi connectivity index (χ0n) is 16.5. The Labute approximate surface area is 158 Å². The first-order valence-corrected chi connectivity index (χ1v) is 8.75. The Bertz CT molecular complexity index is 716. The number of esters is 1. The van der Waals surface area contributed by atoms with Crippen molar-refractivity contribution < 1.29 is 23.9 Å². The minimum atomic E-state index is -1.04. The molecule has 150 valence electrons. The second kappa shape index (κ2) is 7.53. The van der Waals surface area contributed by atoms with Crippen molar-refractivity contribution in [3.8, 4) is 0 Å². The van der Waals surface area contributed by atoms with E-state index in [9.17, 15) is 14.4 Å². The molecule has 0 saturated heterocycles. The number of amides is 2. The zero-order valence-corrected chi connectivity index (χ0v) is 16.5. The van der Waals surface area contributed by atoms with Crippen LogP contribution in [0.15, 0.2) is 6.33 Å². The van der Waals surface area contributed by atoms with Gasteiger partial charge in [0.1, 0.15) is 23.6 Å². The van der Waals surface area contributed by atoms with E-state index in [1.54, 1.807) is 41.5 Å². The van der Waals surface area contributed by atoms with Gasteiger partial charge in [-0.05, 0) is 48.0 Å². The van der Waals surface area contributed by atoms with E-state index in [-0.39, 0.29) is 18.9 Å². The zero-order chi connectivity index (χ0) is 20.4. The molecule has 2 amide bonds. The lowest BCUT2D eigenvalue weighted by Gasteiger charge is -2.29. The van der Waals surface area contributed by atoms with E-state index in [2.05, 4.69) is 20.7 Å². The van der Waals surface area contributed by atoms with Crippen LogP contribution in [0, 0.1) is 5.92 Å². The smallest absolute Gasteiger partial charge is 0.408 e. The maximum absolute atomic E-state index is 12.6. The van der Waals surface area contributed by atoms with Gasteiger partial charge in [0.05, 0.1) is 12.5 Å². The summed E-state index contributed by atoms with van der Waals surface area (Å²) in [4.78, 5) is 41.0. The molecule has 0 spiro atoms. The Morgan fingerprint density at radius 2 is 1.89 bits per heavy atom. The minimum absolute atomic E-state index is 0.0410. The largest absolute Gasteiger partial charge is 0.458 e. The number of carbonyl (C=O) groups excluding carboxylic acids is 3. The van der Waals surface area contributed by atoms with Crippen LogP contribution in [-0.4, -0.2) is 50.0 Å². The van der Waals surface area contributed by atoms with Gasteiger partial charge in [-0.15, -0.1) is 0 Å². The first-order chi connectivity index (χ1) is 12.3. The first kappa shape index (κ1) is 20.7. The van der Waals surface area contributed by atoms with Crippen molar-refractivity contribution >= 4 is 23.9 Å². The van der Waals surface area contributed by atoms with E-state index in [0.717, 1.165) is 0 Å². The van der Waals surface area contributed by atoms with Gasteiger partial charge in [0.25, 0.3) is 0 Å². The maximum Gasteiger partial charge on any atom is 0.408 e. The lowest BCUT2D eigenvalue weighted by atomic mass is 9.97. The van der Waals surface area contributed by atoms with Crippen LogP contribution in [0.3, 0.4) is 0 Å². The topological polar surface area (TPSA) is 124 Å². The van der Waals surface area contributed by atoms with Gasteiger partial charge in [0, 0.05) is 0 Å². The predicted molar refractivity (Wildman–Crippen MR) is 95.8 cm³/mol.